The predicted octanol–water partition coefficient (Wildman–Crippen LogP) is 3.19. The monoisotopic (exact) mass is 329 g/mol. The van der Waals surface area contributed by atoms with E-state index in [2.05, 4.69) is 5.32 Å². The quantitative estimate of drug-likeness (QED) is 0.902. The minimum Gasteiger partial charge on any atom is -0.497 e. The van der Waals surface area contributed by atoms with Crippen LogP contribution in [0.2, 0.25) is 0 Å². The lowest BCUT2D eigenvalue weighted by atomic mass is 9.79. The van der Waals surface area contributed by atoms with Gasteiger partial charge in [-0.15, -0.1) is 0 Å². The molecule has 5 unspecified atom stereocenters. The Hall–Kier alpha value is -1.71. The maximum atomic E-state index is 12.6. The van der Waals surface area contributed by atoms with Crippen molar-refractivity contribution in [1.82, 2.24) is 5.32 Å². The summed E-state index contributed by atoms with van der Waals surface area (Å²) in [5.74, 6) is 5.02. The summed E-state index contributed by atoms with van der Waals surface area (Å²) in [5.41, 5.74) is 0.885. The Morgan fingerprint density at radius 2 is 1.96 bits per heavy atom. The summed E-state index contributed by atoms with van der Waals surface area (Å²) in [4.78, 5) is 12.6. The van der Waals surface area contributed by atoms with E-state index in [1.54, 1.807) is 14.2 Å². The smallest absolute Gasteiger partial charge is 0.224 e. The zero-order valence-electron chi connectivity index (χ0n) is 14.6. The SMILES string of the molecule is COc1ccc(OC)c(CC(=O)NC2CC3CC2C2CCCC32)c1. The molecule has 0 aliphatic heterocycles. The number of hydrogen-bond acceptors (Lipinski definition) is 3. The van der Waals surface area contributed by atoms with Gasteiger partial charge in [0.2, 0.25) is 5.91 Å². The lowest BCUT2D eigenvalue weighted by Gasteiger charge is -2.32. The van der Waals surface area contributed by atoms with Gasteiger partial charge in [-0.05, 0) is 67.6 Å². The second kappa shape index (κ2) is 6.30. The van der Waals surface area contributed by atoms with Gasteiger partial charge in [0.15, 0.2) is 0 Å². The highest BCUT2D eigenvalue weighted by molar-refractivity contribution is 5.80. The Morgan fingerprint density at radius 3 is 2.75 bits per heavy atom. The van der Waals surface area contributed by atoms with Crippen molar-refractivity contribution in [2.24, 2.45) is 23.7 Å². The first-order chi connectivity index (χ1) is 11.7. The Morgan fingerprint density at radius 1 is 1.12 bits per heavy atom. The Balaban J connectivity index is 1.41. The molecule has 2 bridgehead atoms. The molecule has 4 nitrogen and oxygen atoms in total. The first-order valence-corrected chi connectivity index (χ1v) is 9.20. The molecule has 3 aliphatic rings. The first-order valence-electron chi connectivity index (χ1n) is 9.20. The van der Waals surface area contributed by atoms with Crippen LogP contribution < -0.4 is 14.8 Å². The van der Waals surface area contributed by atoms with E-state index in [0.29, 0.717) is 12.5 Å². The second-order valence-electron chi connectivity index (χ2n) is 7.68. The molecule has 0 heterocycles. The van der Waals surface area contributed by atoms with E-state index in [4.69, 9.17) is 9.47 Å². The van der Waals surface area contributed by atoms with E-state index in [-0.39, 0.29) is 5.91 Å². The average molecular weight is 329 g/mol. The number of fused-ring (bicyclic) bond motifs is 5. The predicted molar refractivity (Wildman–Crippen MR) is 92.2 cm³/mol. The van der Waals surface area contributed by atoms with E-state index in [1.165, 1.54) is 32.1 Å². The molecule has 3 fully saturated rings. The molecule has 1 amide bonds. The van der Waals surface area contributed by atoms with Crippen LogP contribution in [0.25, 0.3) is 0 Å². The van der Waals surface area contributed by atoms with Crippen molar-refractivity contribution in [2.45, 2.75) is 44.6 Å². The van der Waals surface area contributed by atoms with Gasteiger partial charge in [0, 0.05) is 11.6 Å². The van der Waals surface area contributed by atoms with Gasteiger partial charge < -0.3 is 14.8 Å². The number of hydrogen-bond donors (Lipinski definition) is 1. The summed E-state index contributed by atoms with van der Waals surface area (Å²) >= 11 is 0. The van der Waals surface area contributed by atoms with Crippen LogP contribution in [0.5, 0.6) is 11.5 Å². The summed E-state index contributed by atoms with van der Waals surface area (Å²) in [6.45, 7) is 0. The normalized spacial score (nSPS) is 33.3. The molecule has 0 saturated heterocycles. The van der Waals surface area contributed by atoms with Crippen LogP contribution in [-0.2, 0) is 11.2 Å². The van der Waals surface area contributed by atoms with E-state index in [1.807, 2.05) is 18.2 Å². The molecule has 24 heavy (non-hydrogen) atoms. The number of carbonyl (C=O) groups is 1. The van der Waals surface area contributed by atoms with Crippen LogP contribution in [0.4, 0.5) is 0 Å². The van der Waals surface area contributed by atoms with Gasteiger partial charge >= 0.3 is 0 Å². The zero-order chi connectivity index (χ0) is 16.7. The highest BCUT2D eigenvalue weighted by Crippen LogP contribution is 2.58. The van der Waals surface area contributed by atoms with Crippen LogP contribution in [0, 0.1) is 23.7 Å². The minimum absolute atomic E-state index is 0.105. The van der Waals surface area contributed by atoms with Crippen molar-refractivity contribution in [1.29, 1.82) is 0 Å². The molecular formula is C20H27NO3. The Labute approximate surface area is 143 Å². The zero-order valence-corrected chi connectivity index (χ0v) is 14.6. The number of methoxy groups -OCH3 is 2. The van der Waals surface area contributed by atoms with E-state index >= 15 is 0 Å². The summed E-state index contributed by atoms with van der Waals surface area (Å²) in [6, 6.07) is 6.00. The maximum Gasteiger partial charge on any atom is 0.224 e. The Bertz CT molecular complexity index is 629. The standard InChI is InChI=1S/C20H27NO3/c1-23-14-6-7-19(24-2)13(8-14)11-20(22)21-18-10-12-9-17(18)16-5-3-4-15(12)16/h6-8,12,15-18H,3-5,9-11H2,1-2H3,(H,21,22). The second-order valence-corrected chi connectivity index (χ2v) is 7.68. The molecule has 4 heteroatoms. The number of rotatable bonds is 5. The van der Waals surface area contributed by atoms with Crippen LogP contribution in [0.1, 0.15) is 37.7 Å². The van der Waals surface area contributed by atoms with Crippen molar-refractivity contribution in [3.8, 4) is 11.5 Å². The van der Waals surface area contributed by atoms with Crippen LogP contribution in [0.3, 0.4) is 0 Å². The fourth-order valence-corrected chi connectivity index (χ4v) is 5.68. The molecule has 130 valence electrons. The molecular weight excluding hydrogens is 302 g/mol. The summed E-state index contributed by atoms with van der Waals surface area (Å²) < 4.78 is 10.7. The van der Waals surface area contributed by atoms with Gasteiger partial charge in [0.25, 0.3) is 0 Å². The van der Waals surface area contributed by atoms with E-state index < -0.39 is 0 Å². The Kier molecular flexibility index (Phi) is 4.15. The van der Waals surface area contributed by atoms with Gasteiger partial charge in [0.1, 0.15) is 11.5 Å². The maximum absolute atomic E-state index is 12.6. The third-order valence-corrected chi connectivity index (χ3v) is 6.61. The minimum atomic E-state index is 0.105. The summed E-state index contributed by atoms with van der Waals surface area (Å²) in [5, 5.41) is 3.32. The third kappa shape index (κ3) is 2.66. The van der Waals surface area contributed by atoms with Crippen LogP contribution >= 0.6 is 0 Å². The fraction of sp³-hybridized carbons (Fsp3) is 0.650. The lowest BCUT2D eigenvalue weighted by Crippen LogP contribution is -2.43. The summed E-state index contributed by atoms with van der Waals surface area (Å²) in [6.07, 6.45) is 7.07. The molecule has 0 spiro atoms. The van der Waals surface area contributed by atoms with Crippen molar-refractivity contribution >= 4 is 5.91 Å². The first kappa shape index (κ1) is 15.8. The third-order valence-electron chi connectivity index (χ3n) is 6.61. The molecule has 0 radical (unpaired) electrons. The van der Waals surface area contributed by atoms with Gasteiger partial charge in [-0.1, -0.05) is 6.42 Å². The number of amides is 1. The van der Waals surface area contributed by atoms with Crippen molar-refractivity contribution in [3.63, 3.8) is 0 Å². The summed E-state index contributed by atoms with van der Waals surface area (Å²) in [7, 11) is 3.28. The van der Waals surface area contributed by atoms with Gasteiger partial charge in [-0.3, -0.25) is 4.79 Å². The van der Waals surface area contributed by atoms with Crippen molar-refractivity contribution in [3.05, 3.63) is 23.8 Å². The number of ether oxygens (including phenoxy) is 2. The van der Waals surface area contributed by atoms with Crippen molar-refractivity contribution < 1.29 is 14.3 Å². The average Bonchev–Trinajstić information content (AvgIpc) is 3.27. The van der Waals surface area contributed by atoms with Gasteiger partial charge in [-0.2, -0.15) is 0 Å². The van der Waals surface area contributed by atoms with Crippen molar-refractivity contribution in [2.75, 3.05) is 14.2 Å². The van der Waals surface area contributed by atoms with Crippen LogP contribution in [-0.4, -0.2) is 26.2 Å². The molecule has 1 aromatic rings. The topological polar surface area (TPSA) is 47.6 Å². The lowest BCUT2D eigenvalue weighted by molar-refractivity contribution is -0.121. The molecule has 3 aliphatic carbocycles. The van der Waals surface area contributed by atoms with Gasteiger partial charge in [0.05, 0.1) is 20.6 Å². The van der Waals surface area contributed by atoms with E-state index in [0.717, 1.165) is 40.7 Å². The fourth-order valence-electron chi connectivity index (χ4n) is 5.68. The number of nitrogens with one attached hydrogen (secondary N) is 1. The molecule has 1 N–H and O–H groups in total. The molecule has 3 saturated carbocycles. The molecule has 0 aromatic heterocycles. The number of carbonyl (C=O) groups excluding carboxylic acids is 1. The highest BCUT2D eigenvalue weighted by atomic mass is 16.5. The van der Waals surface area contributed by atoms with Crippen LogP contribution in [0.15, 0.2) is 18.2 Å². The highest BCUT2D eigenvalue weighted by Gasteiger charge is 2.53. The van der Waals surface area contributed by atoms with Gasteiger partial charge in [-0.25, -0.2) is 0 Å². The van der Waals surface area contributed by atoms with E-state index in [9.17, 15) is 4.79 Å². The largest absolute Gasteiger partial charge is 0.497 e. The molecule has 1 aromatic carbocycles. The number of benzene rings is 1. The molecule has 5 atom stereocenters. The molecule has 4 rings (SSSR count).